The second-order valence-corrected chi connectivity index (χ2v) is 8.13. The third kappa shape index (κ3) is 2.74. The monoisotopic (exact) mass is 412 g/mol. The highest BCUT2D eigenvalue weighted by atomic mass is 19.1. The number of rotatable bonds is 1. The molecule has 11 heteroatoms. The van der Waals surface area contributed by atoms with Gasteiger partial charge in [-0.3, -0.25) is 9.55 Å². The number of alkyl halides is 1. The number of aromatic amines is 2. The zero-order valence-corrected chi connectivity index (χ0v) is 16.4. The third-order valence-corrected chi connectivity index (χ3v) is 6.31. The largest absolute Gasteiger partial charge is 0.345 e. The van der Waals surface area contributed by atoms with Crippen molar-refractivity contribution in [1.29, 1.82) is 5.26 Å². The molecule has 0 aliphatic carbocycles. The number of likely N-dealkylation sites (tertiary alicyclic amines) is 2. The van der Waals surface area contributed by atoms with E-state index in [1.54, 1.807) is 15.7 Å². The summed E-state index contributed by atoms with van der Waals surface area (Å²) in [4.78, 5) is 34.6. The number of carbonyl (C=O) groups excluding carboxylic acids is 1. The van der Waals surface area contributed by atoms with Gasteiger partial charge in [-0.15, -0.1) is 10.2 Å². The quantitative estimate of drug-likeness (QED) is 0.627. The predicted octanol–water partition coefficient (Wildman–Crippen LogP) is 1.54. The number of carbonyl (C=O) groups is 1. The van der Waals surface area contributed by atoms with E-state index in [9.17, 15) is 19.2 Å². The summed E-state index contributed by atoms with van der Waals surface area (Å²) in [6, 6.07) is 2.48. The van der Waals surface area contributed by atoms with E-state index < -0.39 is 12.2 Å². The summed E-state index contributed by atoms with van der Waals surface area (Å²) in [6.45, 7) is 2.78. The van der Waals surface area contributed by atoms with Gasteiger partial charge in [0, 0.05) is 31.1 Å². The number of fused-ring (bicyclic) bond motifs is 3. The number of piperidine rings is 1. The van der Waals surface area contributed by atoms with E-state index in [4.69, 9.17) is 0 Å². The third-order valence-electron chi connectivity index (χ3n) is 6.31. The first kappa shape index (κ1) is 18.6. The minimum absolute atomic E-state index is 0.0436. The van der Waals surface area contributed by atoms with Gasteiger partial charge in [0.1, 0.15) is 17.7 Å². The van der Waals surface area contributed by atoms with Gasteiger partial charge in [0.05, 0.1) is 18.7 Å². The standard InChI is InChI=1S/C19H21FN8O2/c1-10-3-5-26(19(30)27-8-11(20)6-12(27)7-21)9-14(10)28-15-13-2-4-22-16(13)24-25-17(15)23-18(28)29/h2,4,10-12,14H,3,5-6,8-9H2,1H3,(H,22,24)(H,23,25,29)/t10-,11+,12+,14+/m1/s1. The van der Waals surface area contributed by atoms with E-state index in [-0.39, 0.29) is 36.6 Å². The number of H-pyrrole nitrogens is 2. The van der Waals surface area contributed by atoms with Gasteiger partial charge >= 0.3 is 11.7 Å². The fourth-order valence-electron chi connectivity index (χ4n) is 4.68. The van der Waals surface area contributed by atoms with Gasteiger partial charge in [-0.25, -0.2) is 14.0 Å². The molecule has 0 radical (unpaired) electrons. The molecule has 5 rings (SSSR count). The van der Waals surface area contributed by atoms with Crippen LogP contribution in [0, 0.1) is 17.2 Å². The van der Waals surface area contributed by atoms with Crippen LogP contribution in [-0.2, 0) is 0 Å². The maximum Gasteiger partial charge on any atom is 0.328 e. The molecule has 156 valence electrons. The summed E-state index contributed by atoms with van der Waals surface area (Å²) in [5, 5.41) is 18.2. The van der Waals surface area contributed by atoms with Crippen LogP contribution in [0.3, 0.4) is 0 Å². The highest BCUT2D eigenvalue weighted by Crippen LogP contribution is 2.32. The molecule has 0 unspecified atom stereocenters. The van der Waals surface area contributed by atoms with Crippen LogP contribution in [0.4, 0.5) is 9.18 Å². The van der Waals surface area contributed by atoms with E-state index in [2.05, 4.69) is 20.2 Å². The number of hydrogen-bond acceptors (Lipinski definition) is 5. The first-order valence-corrected chi connectivity index (χ1v) is 10.0. The van der Waals surface area contributed by atoms with Crippen molar-refractivity contribution in [3.63, 3.8) is 0 Å². The summed E-state index contributed by atoms with van der Waals surface area (Å²) in [5.41, 5.74) is 1.32. The predicted molar refractivity (Wildman–Crippen MR) is 105 cm³/mol. The highest BCUT2D eigenvalue weighted by molar-refractivity contribution is 5.99. The summed E-state index contributed by atoms with van der Waals surface area (Å²) < 4.78 is 15.5. The van der Waals surface area contributed by atoms with Crippen molar-refractivity contribution in [3.8, 4) is 6.07 Å². The number of nitrogens with zero attached hydrogens (tertiary/aromatic N) is 6. The Morgan fingerprint density at radius 1 is 1.33 bits per heavy atom. The minimum atomic E-state index is -1.19. The number of aromatic nitrogens is 5. The first-order chi connectivity index (χ1) is 14.5. The normalized spacial score (nSPS) is 27.1. The number of nitrogens with one attached hydrogen (secondary N) is 2. The Morgan fingerprint density at radius 3 is 2.93 bits per heavy atom. The first-order valence-electron chi connectivity index (χ1n) is 10.0. The van der Waals surface area contributed by atoms with Gasteiger partial charge < -0.3 is 14.8 Å². The van der Waals surface area contributed by atoms with Crippen LogP contribution in [0.2, 0.25) is 0 Å². The van der Waals surface area contributed by atoms with Crippen LogP contribution >= 0.6 is 0 Å². The summed E-state index contributed by atoms with van der Waals surface area (Å²) in [6.07, 6.45) is 1.29. The van der Waals surface area contributed by atoms with Crippen molar-refractivity contribution < 1.29 is 9.18 Å². The van der Waals surface area contributed by atoms with Crippen molar-refractivity contribution in [2.45, 2.75) is 38.0 Å². The van der Waals surface area contributed by atoms with Gasteiger partial charge in [0.2, 0.25) is 0 Å². The topological polar surface area (TPSA) is 127 Å². The molecule has 0 spiro atoms. The lowest BCUT2D eigenvalue weighted by Gasteiger charge is -2.39. The van der Waals surface area contributed by atoms with E-state index in [0.717, 1.165) is 5.39 Å². The average Bonchev–Trinajstić information content (AvgIpc) is 3.43. The second-order valence-electron chi connectivity index (χ2n) is 8.13. The molecule has 0 saturated carbocycles. The molecule has 0 aromatic carbocycles. The molecule has 2 aliphatic rings. The van der Waals surface area contributed by atoms with Gasteiger partial charge in [0.15, 0.2) is 11.3 Å². The number of amides is 2. The Bertz CT molecular complexity index is 1220. The average molecular weight is 412 g/mol. The van der Waals surface area contributed by atoms with E-state index in [1.165, 1.54) is 4.90 Å². The number of nitriles is 1. The lowest BCUT2D eigenvalue weighted by atomic mass is 9.93. The molecule has 3 aromatic rings. The molecule has 2 saturated heterocycles. The molecular formula is C19H21FN8O2. The molecule has 2 fully saturated rings. The maximum atomic E-state index is 13.8. The van der Waals surface area contributed by atoms with Gasteiger partial charge in [0.25, 0.3) is 0 Å². The molecule has 30 heavy (non-hydrogen) atoms. The Kier molecular flexibility index (Phi) is 4.23. The molecule has 10 nitrogen and oxygen atoms in total. The van der Waals surface area contributed by atoms with E-state index in [0.29, 0.717) is 36.3 Å². The van der Waals surface area contributed by atoms with Crippen molar-refractivity contribution in [2.24, 2.45) is 5.92 Å². The Hall–Kier alpha value is -3.42. The molecule has 2 amide bonds. The SMILES string of the molecule is C[C@@H]1CCN(C(=O)N2C[C@@H](F)C[C@H]2C#N)C[C@@H]1n1c(=O)[nH]c2nnc3[nH]ccc3c21. The number of imidazole rings is 1. The van der Waals surface area contributed by atoms with Crippen LogP contribution < -0.4 is 5.69 Å². The van der Waals surface area contributed by atoms with Crippen molar-refractivity contribution in [3.05, 3.63) is 22.7 Å². The van der Waals surface area contributed by atoms with Crippen molar-refractivity contribution >= 4 is 28.2 Å². The molecule has 2 N–H and O–H groups in total. The van der Waals surface area contributed by atoms with Crippen LogP contribution in [0.1, 0.15) is 25.8 Å². The summed E-state index contributed by atoms with van der Waals surface area (Å²) in [7, 11) is 0. The molecule has 5 heterocycles. The van der Waals surface area contributed by atoms with Crippen LogP contribution in [0.15, 0.2) is 17.1 Å². The van der Waals surface area contributed by atoms with Gasteiger partial charge in [-0.2, -0.15) is 5.26 Å². The van der Waals surface area contributed by atoms with Crippen LogP contribution in [0.25, 0.3) is 22.2 Å². The molecular weight excluding hydrogens is 391 g/mol. The summed E-state index contributed by atoms with van der Waals surface area (Å²) in [5.74, 6) is 0.132. The lowest BCUT2D eigenvalue weighted by molar-refractivity contribution is 0.111. The molecule has 0 bridgehead atoms. The number of hydrogen-bond donors (Lipinski definition) is 2. The van der Waals surface area contributed by atoms with E-state index in [1.807, 2.05) is 19.1 Å². The zero-order valence-electron chi connectivity index (χ0n) is 16.4. The van der Waals surface area contributed by atoms with E-state index >= 15 is 0 Å². The smallest absolute Gasteiger partial charge is 0.328 e. The Labute approximate surface area is 170 Å². The fraction of sp³-hybridized carbons (Fsp3) is 0.526. The minimum Gasteiger partial charge on any atom is -0.345 e. The molecule has 2 aliphatic heterocycles. The molecule has 3 aromatic heterocycles. The van der Waals surface area contributed by atoms with Crippen molar-refractivity contribution in [1.82, 2.24) is 34.5 Å². The Balaban J connectivity index is 1.52. The zero-order chi connectivity index (χ0) is 21.0. The summed E-state index contributed by atoms with van der Waals surface area (Å²) >= 11 is 0. The van der Waals surface area contributed by atoms with Gasteiger partial charge in [-0.1, -0.05) is 6.92 Å². The fourth-order valence-corrected chi connectivity index (χ4v) is 4.68. The second kappa shape index (κ2) is 6.83. The van der Waals surface area contributed by atoms with Crippen LogP contribution in [-0.4, -0.2) is 72.4 Å². The number of halogens is 1. The highest BCUT2D eigenvalue weighted by Gasteiger charge is 2.40. The maximum absolute atomic E-state index is 13.8. The van der Waals surface area contributed by atoms with Crippen LogP contribution in [0.5, 0.6) is 0 Å². The Morgan fingerprint density at radius 2 is 2.13 bits per heavy atom. The van der Waals surface area contributed by atoms with Gasteiger partial charge in [-0.05, 0) is 18.4 Å². The lowest BCUT2D eigenvalue weighted by Crippen LogP contribution is -2.51. The van der Waals surface area contributed by atoms with Crippen molar-refractivity contribution in [2.75, 3.05) is 19.6 Å². The number of urea groups is 1. The molecule has 4 atom stereocenters.